The molecule has 0 atom stereocenters. The van der Waals surface area contributed by atoms with Crippen LogP contribution in [0.15, 0.2) is 36.7 Å². The van der Waals surface area contributed by atoms with E-state index in [9.17, 15) is 9.59 Å². The summed E-state index contributed by atoms with van der Waals surface area (Å²) in [4.78, 5) is 31.5. The molecular weight excluding hydrogens is 304 g/mol. The van der Waals surface area contributed by atoms with Crippen LogP contribution in [-0.4, -0.2) is 28.2 Å². The zero-order chi connectivity index (χ0) is 17.4. The van der Waals surface area contributed by atoms with E-state index < -0.39 is 0 Å². The van der Waals surface area contributed by atoms with E-state index in [1.807, 2.05) is 0 Å². The second-order valence-electron chi connectivity index (χ2n) is 5.51. The number of nitrogens with one attached hydrogen (secondary N) is 2. The second-order valence-corrected chi connectivity index (χ2v) is 5.51. The molecule has 1 heterocycles. The van der Waals surface area contributed by atoms with Gasteiger partial charge in [0.1, 0.15) is 11.5 Å². The number of hydrogen-bond donors (Lipinski definition) is 2. The number of amides is 1. The van der Waals surface area contributed by atoms with Crippen molar-refractivity contribution in [2.24, 2.45) is 0 Å². The molecule has 0 unspecified atom stereocenters. The van der Waals surface area contributed by atoms with Crippen LogP contribution in [0.3, 0.4) is 0 Å². The van der Waals surface area contributed by atoms with Crippen molar-refractivity contribution in [3.63, 3.8) is 0 Å². The van der Waals surface area contributed by atoms with Crippen LogP contribution in [0.1, 0.15) is 54.0 Å². The van der Waals surface area contributed by atoms with Gasteiger partial charge in [-0.15, -0.1) is 0 Å². The molecule has 0 bridgehead atoms. The highest BCUT2D eigenvalue weighted by Gasteiger charge is 2.07. The number of carbonyl (C=O) groups excluding carboxylic acids is 2. The fourth-order valence-corrected chi connectivity index (χ4v) is 2.11. The Labute approximate surface area is 141 Å². The summed E-state index contributed by atoms with van der Waals surface area (Å²) in [5, 5.41) is 5.91. The molecule has 1 aromatic carbocycles. The molecule has 2 rings (SSSR count). The van der Waals surface area contributed by atoms with Crippen molar-refractivity contribution in [1.82, 2.24) is 15.3 Å². The van der Waals surface area contributed by atoms with Gasteiger partial charge in [-0.2, -0.15) is 0 Å². The first-order valence-electron chi connectivity index (χ1n) is 8.08. The Bertz CT molecular complexity index is 681. The minimum absolute atomic E-state index is 0.0237. The summed E-state index contributed by atoms with van der Waals surface area (Å²) >= 11 is 0. The number of rotatable bonds is 8. The molecular formula is C18H22N4O2. The summed E-state index contributed by atoms with van der Waals surface area (Å²) < 4.78 is 0. The van der Waals surface area contributed by atoms with E-state index in [-0.39, 0.29) is 11.7 Å². The number of benzene rings is 1. The summed E-state index contributed by atoms with van der Waals surface area (Å²) in [7, 11) is 0. The van der Waals surface area contributed by atoms with Gasteiger partial charge in [-0.05, 0) is 37.6 Å². The molecule has 6 nitrogen and oxygen atoms in total. The Morgan fingerprint density at radius 3 is 2.38 bits per heavy atom. The van der Waals surface area contributed by atoms with Gasteiger partial charge in [-0.25, -0.2) is 9.97 Å². The lowest BCUT2D eigenvalue weighted by Crippen LogP contribution is -2.25. The maximum Gasteiger partial charge on any atom is 0.271 e. The van der Waals surface area contributed by atoms with Gasteiger partial charge in [-0.3, -0.25) is 9.59 Å². The van der Waals surface area contributed by atoms with Gasteiger partial charge in [0.25, 0.3) is 5.91 Å². The SMILES string of the molecule is CCCCCNC(=O)c1cnc(Nc2ccc(C(C)=O)cc2)cn1. The number of aromatic nitrogens is 2. The molecule has 0 aliphatic carbocycles. The Morgan fingerprint density at radius 2 is 1.79 bits per heavy atom. The number of nitrogens with zero attached hydrogens (tertiary/aromatic N) is 2. The van der Waals surface area contributed by atoms with E-state index in [4.69, 9.17) is 0 Å². The fraction of sp³-hybridized carbons (Fsp3) is 0.333. The molecule has 6 heteroatoms. The molecule has 0 aliphatic heterocycles. The molecule has 126 valence electrons. The average molecular weight is 326 g/mol. The smallest absolute Gasteiger partial charge is 0.271 e. The van der Waals surface area contributed by atoms with Gasteiger partial charge in [-0.1, -0.05) is 19.8 Å². The zero-order valence-corrected chi connectivity index (χ0v) is 14.0. The average Bonchev–Trinajstić information content (AvgIpc) is 2.59. The van der Waals surface area contributed by atoms with Crippen LogP contribution in [0.4, 0.5) is 11.5 Å². The first kappa shape index (κ1) is 17.6. The van der Waals surface area contributed by atoms with Gasteiger partial charge in [0, 0.05) is 17.8 Å². The normalized spacial score (nSPS) is 10.2. The topological polar surface area (TPSA) is 84.0 Å². The lowest BCUT2D eigenvalue weighted by Gasteiger charge is -2.07. The van der Waals surface area contributed by atoms with Crippen molar-refractivity contribution in [1.29, 1.82) is 0 Å². The molecule has 1 aromatic heterocycles. The zero-order valence-electron chi connectivity index (χ0n) is 14.0. The van der Waals surface area contributed by atoms with Crippen LogP contribution >= 0.6 is 0 Å². The summed E-state index contributed by atoms with van der Waals surface area (Å²) in [5.41, 5.74) is 1.75. The predicted octanol–water partition coefficient (Wildman–Crippen LogP) is 3.34. The van der Waals surface area contributed by atoms with Crippen molar-refractivity contribution in [2.45, 2.75) is 33.1 Å². The van der Waals surface area contributed by atoms with Crippen molar-refractivity contribution in [2.75, 3.05) is 11.9 Å². The number of ketones is 1. The summed E-state index contributed by atoms with van der Waals surface area (Å²) in [6, 6.07) is 7.09. The Balaban J connectivity index is 1.91. The van der Waals surface area contributed by atoms with Crippen molar-refractivity contribution < 1.29 is 9.59 Å². The molecule has 0 spiro atoms. The molecule has 0 radical (unpaired) electrons. The quantitative estimate of drug-likeness (QED) is 0.574. The largest absolute Gasteiger partial charge is 0.351 e. The molecule has 0 aliphatic rings. The lowest BCUT2D eigenvalue weighted by molar-refractivity contribution is 0.0946. The number of anilines is 2. The number of carbonyl (C=O) groups is 2. The van der Waals surface area contributed by atoms with Crippen LogP contribution in [0.5, 0.6) is 0 Å². The summed E-state index contributed by atoms with van der Waals surface area (Å²) in [5.74, 6) is 0.347. The number of unbranched alkanes of at least 4 members (excludes halogenated alkanes) is 2. The molecule has 2 aromatic rings. The molecule has 0 fully saturated rings. The van der Waals surface area contributed by atoms with Crippen LogP contribution in [0, 0.1) is 0 Å². The maximum atomic E-state index is 11.9. The van der Waals surface area contributed by atoms with E-state index >= 15 is 0 Å². The van der Waals surface area contributed by atoms with Gasteiger partial charge in [0.05, 0.1) is 12.4 Å². The third-order valence-electron chi connectivity index (χ3n) is 3.51. The standard InChI is InChI=1S/C18H22N4O2/c1-3-4-5-10-19-18(24)16-11-21-17(12-20-16)22-15-8-6-14(7-9-15)13(2)23/h6-9,11-12H,3-5,10H2,1-2H3,(H,19,24)(H,21,22). The van der Waals surface area contributed by atoms with E-state index in [2.05, 4.69) is 27.5 Å². The Hall–Kier alpha value is -2.76. The Morgan fingerprint density at radius 1 is 1.04 bits per heavy atom. The molecule has 0 saturated carbocycles. The van der Waals surface area contributed by atoms with Gasteiger partial charge in [0.15, 0.2) is 5.78 Å². The van der Waals surface area contributed by atoms with E-state index in [0.717, 1.165) is 24.9 Å². The monoisotopic (exact) mass is 326 g/mol. The summed E-state index contributed by atoms with van der Waals surface area (Å²) in [6.07, 6.45) is 6.13. The lowest BCUT2D eigenvalue weighted by atomic mass is 10.1. The first-order valence-corrected chi connectivity index (χ1v) is 8.08. The molecule has 0 saturated heterocycles. The summed E-state index contributed by atoms with van der Waals surface area (Å²) in [6.45, 7) is 4.30. The van der Waals surface area contributed by atoms with E-state index in [0.29, 0.717) is 23.6 Å². The van der Waals surface area contributed by atoms with E-state index in [1.165, 1.54) is 19.3 Å². The molecule has 1 amide bonds. The van der Waals surface area contributed by atoms with Crippen LogP contribution in [0.25, 0.3) is 0 Å². The fourth-order valence-electron chi connectivity index (χ4n) is 2.11. The van der Waals surface area contributed by atoms with E-state index in [1.54, 1.807) is 24.3 Å². The van der Waals surface area contributed by atoms with Crippen LogP contribution in [0.2, 0.25) is 0 Å². The highest BCUT2D eigenvalue weighted by atomic mass is 16.1. The van der Waals surface area contributed by atoms with Gasteiger partial charge in [0.2, 0.25) is 0 Å². The molecule has 24 heavy (non-hydrogen) atoms. The second kappa shape index (κ2) is 8.76. The maximum absolute atomic E-state index is 11.9. The van der Waals surface area contributed by atoms with Gasteiger partial charge >= 0.3 is 0 Å². The highest BCUT2D eigenvalue weighted by molar-refractivity contribution is 5.94. The third kappa shape index (κ3) is 5.15. The third-order valence-corrected chi connectivity index (χ3v) is 3.51. The minimum Gasteiger partial charge on any atom is -0.351 e. The van der Waals surface area contributed by atoms with Crippen molar-refractivity contribution in [3.05, 3.63) is 47.9 Å². The van der Waals surface area contributed by atoms with Gasteiger partial charge < -0.3 is 10.6 Å². The number of Topliss-reactive ketones (excluding diaryl/α,β-unsaturated/α-hetero) is 1. The van der Waals surface area contributed by atoms with Crippen molar-refractivity contribution >= 4 is 23.2 Å². The van der Waals surface area contributed by atoms with Crippen LogP contribution in [-0.2, 0) is 0 Å². The predicted molar refractivity (Wildman–Crippen MR) is 93.6 cm³/mol. The van der Waals surface area contributed by atoms with Crippen LogP contribution < -0.4 is 10.6 Å². The Kier molecular flexibility index (Phi) is 6.42. The first-order chi connectivity index (χ1) is 11.6. The number of hydrogen-bond acceptors (Lipinski definition) is 5. The molecule has 2 N–H and O–H groups in total. The minimum atomic E-state index is -0.212. The van der Waals surface area contributed by atoms with Crippen molar-refractivity contribution in [3.8, 4) is 0 Å². The highest BCUT2D eigenvalue weighted by Crippen LogP contribution is 2.15.